The minimum absolute atomic E-state index is 0.538. The van der Waals surface area contributed by atoms with E-state index in [1.165, 1.54) is 0 Å². The van der Waals surface area contributed by atoms with E-state index in [2.05, 4.69) is 22.4 Å². The van der Waals surface area contributed by atoms with Crippen molar-refractivity contribution in [1.29, 1.82) is 0 Å². The minimum Gasteiger partial charge on any atom is -0.467 e. The van der Waals surface area contributed by atoms with Crippen molar-refractivity contribution in [3.8, 4) is 11.1 Å². The quantitative estimate of drug-likeness (QED) is 0.465. The van der Waals surface area contributed by atoms with Gasteiger partial charge in [-0.05, 0) is 35.9 Å². The number of furan rings is 1. The van der Waals surface area contributed by atoms with Crippen LogP contribution in [0.1, 0.15) is 11.5 Å². The predicted molar refractivity (Wildman–Crippen MR) is 106 cm³/mol. The van der Waals surface area contributed by atoms with Crippen molar-refractivity contribution in [2.75, 3.05) is 0 Å². The summed E-state index contributed by atoms with van der Waals surface area (Å²) in [7, 11) is 0. The lowest BCUT2D eigenvalue weighted by Gasteiger charge is -2.08. The van der Waals surface area contributed by atoms with Crippen LogP contribution in [0.5, 0.6) is 0 Å². The second-order valence-corrected chi connectivity index (χ2v) is 6.54. The van der Waals surface area contributed by atoms with E-state index in [-0.39, 0.29) is 0 Å². The van der Waals surface area contributed by atoms with Crippen molar-refractivity contribution in [1.82, 2.24) is 10.3 Å². The summed E-state index contributed by atoms with van der Waals surface area (Å²) in [5.41, 5.74) is 4.02. The average Bonchev–Trinajstić information content (AvgIpc) is 3.27. The molecule has 0 aliphatic carbocycles. The molecule has 2 aromatic heterocycles. The van der Waals surface area contributed by atoms with Crippen LogP contribution in [0, 0.1) is 0 Å². The molecule has 0 aliphatic heterocycles. The molecule has 0 radical (unpaired) electrons. The molecule has 0 aliphatic rings. The topological polar surface area (TPSA) is 41.0 Å². The van der Waals surface area contributed by atoms with Gasteiger partial charge in [0.2, 0.25) is 0 Å². The molecule has 2 heterocycles. The number of fused-ring (bicyclic) bond motifs is 1. The van der Waals surface area contributed by atoms with Gasteiger partial charge in [-0.1, -0.05) is 54.2 Å². The Morgan fingerprint density at radius 3 is 2.68 bits per heavy atom. The summed E-state index contributed by atoms with van der Waals surface area (Å²) in [6.07, 6.45) is 1.65. The molecular formula is C20H15ClN2OS. The molecule has 4 rings (SSSR count). The molecule has 4 aromatic rings. The number of aromatic amines is 1. The minimum atomic E-state index is 0.538. The first kappa shape index (κ1) is 15.9. The second kappa shape index (κ2) is 6.75. The predicted octanol–water partition coefficient (Wildman–Crippen LogP) is 5.55. The van der Waals surface area contributed by atoms with Crippen LogP contribution in [-0.2, 0) is 6.54 Å². The summed E-state index contributed by atoms with van der Waals surface area (Å²) in [5.74, 6) is 0.836. The summed E-state index contributed by atoms with van der Waals surface area (Å²) >= 11 is 11.9. The Balaban J connectivity index is 1.78. The zero-order valence-corrected chi connectivity index (χ0v) is 14.8. The van der Waals surface area contributed by atoms with Gasteiger partial charge < -0.3 is 14.7 Å². The van der Waals surface area contributed by atoms with Crippen molar-refractivity contribution < 1.29 is 4.42 Å². The van der Waals surface area contributed by atoms with Crippen molar-refractivity contribution in [2.24, 2.45) is 0 Å². The van der Waals surface area contributed by atoms with Crippen LogP contribution in [0.25, 0.3) is 22.0 Å². The van der Waals surface area contributed by atoms with E-state index in [9.17, 15) is 0 Å². The maximum Gasteiger partial charge on any atom is 0.124 e. The van der Waals surface area contributed by atoms with Gasteiger partial charge in [0.1, 0.15) is 10.7 Å². The van der Waals surface area contributed by atoms with E-state index in [1.54, 1.807) is 6.26 Å². The summed E-state index contributed by atoms with van der Waals surface area (Å²) in [6, 6.07) is 19.8. The zero-order valence-electron chi connectivity index (χ0n) is 13.3. The molecule has 25 heavy (non-hydrogen) atoms. The van der Waals surface area contributed by atoms with Crippen LogP contribution in [0.2, 0.25) is 5.02 Å². The van der Waals surface area contributed by atoms with Crippen LogP contribution in [0.4, 0.5) is 0 Å². The van der Waals surface area contributed by atoms with Gasteiger partial charge in [0.15, 0.2) is 0 Å². The SMILES string of the molecule is S=C(NCc1ccco1)c1[nH]c2ccc(Cl)cc2c1-c1ccccc1. The maximum atomic E-state index is 6.22. The molecule has 0 saturated carbocycles. The van der Waals surface area contributed by atoms with Crippen LogP contribution in [0.3, 0.4) is 0 Å². The Labute approximate surface area is 155 Å². The molecule has 0 bridgehead atoms. The van der Waals surface area contributed by atoms with Crippen LogP contribution in [0.15, 0.2) is 71.3 Å². The molecule has 2 aromatic carbocycles. The number of rotatable bonds is 4. The number of aromatic nitrogens is 1. The fourth-order valence-electron chi connectivity index (χ4n) is 2.91. The normalized spacial score (nSPS) is 10.9. The van der Waals surface area contributed by atoms with Gasteiger partial charge in [-0.15, -0.1) is 0 Å². The van der Waals surface area contributed by atoms with E-state index in [0.29, 0.717) is 16.6 Å². The molecule has 0 unspecified atom stereocenters. The molecule has 0 saturated heterocycles. The first-order chi connectivity index (χ1) is 12.2. The van der Waals surface area contributed by atoms with E-state index in [4.69, 9.17) is 28.2 Å². The van der Waals surface area contributed by atoms with Gasteiger partial charge in [0.05, 0.1) is 18.5 Å². The standard InChI is InChI=1S/C20H15ClN2OS/c21-14-8-9-17-16(11-14)18(13-5-2-1-3-6-13)19(23-17)20(25)22-12-15-7-4-10-24-15/h1-11,23H,12H2,(H,22,25). The van der Waals surface area contributed by atoms with Crippen molar-refractivity contribution >= 4 is 39.7 Å². The van der Waals surface area contributed by atoms with Crippen molar-refractivity contribution in [3.05, 3.63) is 83.4 Å². The van der Waals surface area contributed by atoms with Gasteiger partial charge in [-0.2, -0.15) is 0 Å². The number of benzene rings is 2. The second-order valence-electron chi connectivity index (χ2n) is 5.69. The third kappa shape index (κ3) is 3.18. The van der Waals surface area contributed by atoms with Gasteiger partial charge in [0, 0.05) is 21.5 Å². The molecule has 0 amide bonds. The molecule has 0 spiro atoms. The first-order valence-electron chi connectivity index (χ1n) is 7.89. The Bertz CT molecular complexity index is 1020. The third-order valence-corrected chi connectivity index (χ3v) is 4.64. The van der Waals surface area contributed by atoms with E-state index in [0.717, 1.165) is 33.5 Å². The highest BCUT2D eigenvalue weighted by atomic mass is 35.5. The lowest BCUT2D eigenvalue weighted by Crippen LogP contribution is -2.22. The largest absolute Gasteiger partial charge is 0.467 e. The van der Waals surface area contributed by atoms with E-state index in [1.807, 2.05) is 48.5 Å². The molecular weight excluding hydrogens is 352 g/mol. The van der Waals surface area contributed by atoms with Gasteiger partial charge in [-0.3, -0.25) is 0 Å². The monoisotopic (exact) mass is 366 g/mol. The first-order valence-corrected chi connectivity index (χ1v) is 8.68. The highest BCUT2D eigenvalue weighted by molar-refractivity contribution is 7.80. The van der Waals surface area contributed by atoms with E-state index < -0.39 is 0 Å². The van der Waals surface area contributed by atoms with Gasteiger partial charge in [0.25, 0.3) is 0 Å². The summed E-state index contributed by atoms with van der Waals surface area (Å²) in [6.45, 7) is 0.538. The Morgan fingerprint density at radius 2 is 1.92 bits per heavy atom. The fraction of sp³-hybridized carbons (Fsp3) is 0.0500. The van der Waals surface area contributed by atoms with Crippen LogP contribution < -0.4 is 5.32 Å². The summed E-state index contributed by atoms with van der Waals surface area (Å²) in [5, 5.41) is 5.01. The van der Waals surface area contributed by atoms with Crippen LogP contribution in [-0.4, -0.2) is 9.97 Å². The molecule has 3 nitrogen and oxygen atoms in total. The number of nitrogens with one attached hydrogen (secondary N) is 2. The number of thiocarbonyl (C=S) groups is 1. The van der Waals surface area contributed by atoms with Crippen LogP contribution >= 0.6 is 23.8 Å². The smallest absolute Gasteiger partial charge is 0.124 e. The van der Waals surface area contributed by atoms with Crippen molar-refractivity contribution in [3.63, 3.8) is 0 Å². The molecule has 5 heteroatoms. The van der Waals surface area contributed by atoms with Gasteiger partial charge in [-0.25, -0.2) is 0 Å². The third-order valence-electron chi connectivity index (χ3n) is 4.05. The van der Waals surface area contributed by atoms with E-state index >= 15 is 0 Å². The molecule has 0 fully saturated rings. The Morgan fingerprint density at radius 1 is 1.08 bits per heavy atom. The fourth-order valence-corrected chi connectivity index (χ4v) is 3.31. The molecule has 2 N–H and O–H groups in total. The Hall–Kier alpha value is -2.56. The summed E-state index contributed by atoms with van der Waals surface area (Å²) < 4.78 is 5.36. The maximum absolute atomic E-state index is 6.22. The zero-order chi connectivity index (χ0) is 17.2. The lowest BCUT2D eigenvalue weighted by molar-refractivity contribution is 0.504. The van der Waals surface area contributed by atoms with Crippen molar-refractivity contribution in [2.45, 2.75) is 6.54 Å². The highest BCUT2D eigenvalue weighted by Crippen LogP contribution is 2.34. The number of hydrogen-bond acceptors (Lipinski definition) is 2. The Kier molecular flexibility index (Phi) is 4.30. The lowest BCUT2D eigenvalue weighted by atomic mass is 10.0. The summed E-state index contributed by atoms with van der Waals surface area (Å²) in [4.78, 5) is 4.07. The van der Waals surface area contributed by atoms with Gasteiger partial charge >= 0.3 is 0 Å². The average molecular weight is 367 g/mol. The molecule has 0 atom stereocenters. The number of halogens is 1. The molecule has 124 valence electrons. The number of H-pyrrole nitrogens is 1. The highest BCUT2D eigenvalue weighted by Gasteiger charge is 2.17. The number of hydrogen-bond donors (Lipinski definition) is 2.